The molecule has 2 atom stereocenters. The van der Waals surface area contributed by atoms with E-state index in [1.807, 2.05) is 23.5 Å². The molecule has 5 heteroatoms. The lowest BCUT2D eigenvalue weighted by molar-refractivity contribution is 0.540. The lowest BCUT2D eigenvalue weighted by Gasteiger charge is -2.30. The zero-order valence-electron chi connectivity index (χ0n) is 9.86. The first-order valence-corrected chi connectivity index (χ1v) is 8.04. The summed E-state index contributed by atoms with van der Waals surface area (Å²) >= 11 is 3.96. The number of nitrogens with one attached hydrogen (secondary N) is 1. The number of nitrogens with zero attached hydrogens (tertiary/aromatic N) is 1. The van der Waals surface area contributed by atoms with E-state index in [9.17, 15) is 4.39 Å². The molecular weight excluding hydrogens is 255 g/mol. The molecule has 1 aliphatic rings. The van der Waals surface area contributed by atoms with Crippen LogP contribution in [0.1, 0.15) is 18.5 Å². The molecule has 0 saturated carbocycles. The van der Waals surface area contributed by atoms with Crippen LogP contribution in [0.15, 0.2) is 18.5 Å². The standard InChI is InChI=1S/C12H17FN2S2/c1-2-15-12(11-8-16-3-4-17-11)9-5-10(13)7-14-6-9/h5-7,11-12,15H,2-4,8H2,1H3. The quantitative estimate of drug-likeness (QED) is 0.911. The molecule has 1 aliphatic heterocycles. The van der Waals surface area contributed by atoms with E-state index in [-0.39, 0.29) is 11.9 Å². The van der Waals surface area contributed by atoms with Gasteiger partial charge in [-0.3, -0.25) is 4.98 Å². The predicted molar refractivity (Wildman–Crippen MR) is 74.2 cm³/mol. The number of hydrogen-bond donors (Lipinski definition) is 1. The molecule has 1 saturated heterocycles. The summed E-state index contributed by atoms with van der Waals surface area (Å²) in [6.45, 7) is 2.98. The lowest BCUT2D eigenvalue weighted by atomic mass is 10.1. The first kappa shape index (κ1) is 13.2. The van der Waals surface area contributed by atoms with Crippen LogP contribution in [0.4, 0.5) is 4.39 Å². The van der Waals surface area contributed by atoms with Crippen molar-refractivity contribution >= 4 is 23.5 Å². The van der Waals surface area contributed by atoms with Gasteiger partial charge >= 0.3 is 0 Å². The summed E-state index contributed by atoms with van der Waals surface area (Å²) < 4.78 is 13.2. The lowest BCUT2D eigenvalue weighted by Crippen LogP contribution is -2.33. The predicted octanol–water partition coefficient (Wildman–Crippen LogP) is 2.72. The normalized spacial score (nSPS) is 22.4. The van der Waals surface area contributed by atoms with Crippen LogP contribution in [0.3, 0.4) is 0 Å². The molecule has 2 heterocycles. The third-order valence-corrected chi connectivity index (χ3v) is 5.59. The molecule has 2 unspecified atom stereocenters. The van der Waals surface area contributed by atoms with E-state index in [0.717, 1.165) is 17.9 Å². The Hall–Kier alpha value is -0.260. The highest BCUT2D eigenvalue weighted by molar-refractivity contribution is 8.06. The van der Waals surface area contributed by atoms with Crippen LogP contribution < -0.4 is 5.32 Å². The van der Waals surface area contributed by atoms with Crippen LogP contribution in [0, 0.1) is 5.82 Å². The second-order valence-corrected chi connectivity index (χ2v) is 6.45. The summed E-state index contributed by atoms with van der Waals surface area (Å²) in [6, 6.07) is 1.81. The van der Waals surface area contributed by atoms with Crippen LogP contribution in [-0.4, -0.2) is 34.0 Å². The van der Waals surface area contributed by atoms with Gasteiger partial charge in [0, 0.05) is 34.7 Å². The Morgan fingerprint density at radius 3 is 3.06 bits per heavy atom. The van der Waals surface area contributed by atoms with Gasteiger partial charge in [-0.15, -0.1) is 0 Å². The fraction of sp³-hybridized carbons (Fsp3) is 0.583. The molecule has 1 fully saturated rings. The number of aromatic nitrogens is 1. The van der Waals surface area contributed by atoms with Crippen LogP contribution >= 0.6 is 23.5 Å². The van der Waals surface area contributed by atoms with E-state index in [4.69, 9.17) is 0 Å². The van der Waals surface area contributed by atoms with Gasteiger partial charge in [-0.2, -0.15) is 23.5 Å². The van der Waals surface area contributed by atoms with Gasteiger partial charge in [-0.1, -0.05) is 6.92 Å². The van der Waals surface area contributed by atoms with E-state index in [1.54, 1.807) is 12.3 Å². The highest BCUT2D eigenvalue weighted by atomic mass is 32.2. The molecule has 2 nitrogen and oxygen atoms in total. The number of hydrogen-bond acceptors (Lipinski definition) is 4. The first-order valence-electron chi connectivity index (χ1n) is 5.84. The fourth-order valence-corrected chi connectivity index (χ4v) is 4.85. The molecular formula is C12H17FN2S2. The Bertz CT molecular complexity index is 356. The van der Waals surface area contributed by atoms with Crippen LogP contribution in [0.5, 0.6) is 0 Å². The summed E-state index contributed by atoms with van der Waals surface area (Å²) in [5, 5.41) is 3.97. The molecule has 0 radical (unpaired) electrons. The summed E-state index contributed by atoms with van der Waals surface area (Å²) in [6.07, 6.45) is 3.03. The minimum Gasteiger partial charge on any atom is -0.309 e. The summed E-state index contributed by atoms with van der Waals surface area (Å²) in [5.74, 6) is 3.28. The Kier molecular flexibility index (Phi) is 5.13. The zero-order chi connectivity index (χ0) is 12.1. The minimum atomic E-state index is -0.251. The van der Waals surface area contributed by atoms with Crippen molar-refractivity contribution in [2.24, 2.45) is 0 Å². The molecule has 2 rings (SSSR count). The minimum absolute atomic E-state index is 0.209. The largest absolute Gasteiger partial charge is 0.309 e. The topological polar surface area (TPSA) is 24.9 Å². The highest BCUT2D eigenvalue weighted by Gasteiger charge is 2.25. The van der Waals surface area contributed by atoms with Crippen molar-refractivity contribution in [1.82, 2.24) is 10.3 Å². The maximum atomic E-state index is 13.2. The van der Waals surface area contributed by atoms with Crippen molar-refractivity contribution in [2.75, 3.05) is 23.8 Å². The second kappa shape index (κ2) is 6.61. The number of thioether (sulfide) groups is 2. The van der Waals surface area contributed by atoms with E-state index >= 15 is 0 Å². The molecule has 0 amide bonds. The molecule has 0 bridgehead atoms. The van der Waals surface area contributed by atoms with Crippen molar-refractivity contribution in [1.29, 1.82) is 0 Å². The van der Waals surface area contributed by atoms with Gasteiger partial charge in [-0.25, -0.2) is 4.39 Å². The Morgan fingerprint density at radius 2 is 2.41 bits per heavy atom. The van der Waals surface area contributed by atoms with Crippen molar-refractivity contribution < 1.29 is 4.39 Å². The highest BCUT2D eigenvalue weighted by Crippen LogP contribution is 2.33. The van der Waals surface area contributed by atoms with Gasteiger partial charge in [0.15, 0.2) is 0 Å². The van der Waals surface area contributed by atoms with E-state index in [0.29, 0.717) is 5.25 Å². The van der Waals surface area contributed by atoms with Crippen LogP contribution in [-0.2, 0) is 0 Å². The maximum absolute atomic E-state index is 13.2. The number of pyridine rings is 1. The third-order valence-electron chi connectivity index (χ3n) is 2.72. The average molecular weight is 272 g/mol. The van der Waals surface area contributed by atoms with E-state index < -0.39 is 0 Å². The Morgan fingerprint density at radius 1 is 1.53 bits per heavy atom. The molecule has 1 aromatic heterocycles. The van der Waals surface area contributed by atoms with Crippen molar-refractivity contribution in [3.63, 3.8) is 0 Å². The summed E-state index contributed by atoms with van der Waals surface area (Å²) in [7, 11) is 0. The van der Waals surface area contributed by atoms with Gasteiger partial charge < -0.3 is 5.32 Å². The fourth-order valence-electron chi connectivity index (χ4n) is 1.98. The Labute approximate surface area is 110 Å². The van der Waals surface area contributed by atoms with Gasteiger partial charge in [0.1, 0.15) is 5.82 Å². The van der Waals surface area contributed by atoms with Crippen LogP contribution in [0.25, 0.3) is 0 Å². The smallest absolute Gasteiger partial charge is 0.141 e. The second-order valence-electron chi connectivity index (χ2n) is 3.96. The SMILES string of the molecule is CCNC(c1cncc(F)c1)C1CSCCS1. The molecule has 1 N–H and O–H groups in total. The van der Waals surface area contributed by atoms with Gasteiger partial charge in [0.05, 0.1) is 6.20 Å². The van der Waals surface area contributed by atoms with Gasteiger partial charge in [-0.05, 0) is 18.2 Å². The molecule has 0 aliphatic carbocycles. The van der Waals surface area contributed by atoms with Gasteiger partial charge in [0.2, 0.25) is 0 Å². The van der Waals surface area contributed by atoms with Crippen molar-refractivity contribution in [2.45, 2.75) is 18.2 Å². The molecule has 1 aromatic rings. The number of rotatable bonds is 4. The van der Waals surface area contributed by atoms with E-state index in [1.165, 1.54) is 17.7 Å². The molecule has 17 heavy (non-hydrogen) atoms. The monoisotopic (exact) mass is 272 g/mol. The van der Waals surface area contributed by atoms with E-state index in [2.05, 4.69) is 17.2 Å². The average Bonchev–Trinajstić information content (AvgIpc) is 2.37. The molecule has 0 aromatic carbocycles. The third kappa shape index (κ3) is 3.60. The zero-order valence-corrected chi connectivity index (χ0v) is 11.5. The number of halogens is 1. The van der Waals surface area contributed by atoms with Gasteiger partial charge in [0.25, 0.3) is 0 Å². The van der Waals surface area contributed by atoms with Crippen LogP contribution in [0.2, 0.25) is 0 Å². The van der Waals surface area contributed by atoms with Crippen molar-refractivity contribution in [3.05, 3.63) is 29.8 Å². The maximum Gasteiger partial charge on any atom is 0.141 e. The Balaban J connectivity index is 2.15. The van der Waals surface area contributed by atoms with Crippen molar-refractivity contribution in [3.8, 4) is 0 Å². The molecule has 94 valence electrons. The first-order chi connectivity index (χ1) is 8.31. The molecule has 0 spiro atoms. The summed E-state index contributed by atoms with van der Waals surface area (Å²) in [5.41, 5.74) is 0.965. The summed E-state index contributed by atoms with van der Waals surface area (Å²) in [4.78, 5) is 3.95.